The summed E-state index contributed by atoms with van der Waals surface area (Å²) in [5.74, 6) is -0.213. The van der Waals surface area contributed by atoms with Crippen LogP contribution in [0.25, 0.3) is 0 Å². The van der Waals surface area contributed by atoms with Gasteiger partial charge in [0.1, 0.15) is 0 Å². The van der Waals surface area contributed by atoms with Gasteiger partial charge >= 0.3 is 5.69 Å². The smallest absolute Gasteiger partial charge is 0.313 e. The van der Waals surface area contributed by atoms with E-state index >= 15 is 0 Å². The van der Waals surface area contributed by atoms with Crippen LogP contribution in [0.2, 0.25) is 0 Å². The number of aromatic hydroxyl groups is 1. The van der Waals surface area contributed by atoms with E-state index in [9.17, 15) is 15.2 Å². The van der Waals surface area contributed by atoms with Crippen LogP contribution in [-0.2, 0) is 0 Å². The molecule has 1 aliphatic rings. The highest BCUT2D eigenvalue weighted by Crippen LogP contribution is 2.40. The predicted octanol–water partition coefficient (Wildman–Crippen LogP) is 2.52. The topological polar surface area (TPSA) is 78.6 Å². The first-order valence-electron chi connectivity index (χ1n) is 7.47. The number of phenols is 1. The largest absolute Gasteiger partial charge is 0.502 e. The van der Waals surface area contributed by atoms with Gasteiger partial charge < -0.3 is 10.4 Å². The molecule has 0 saturated carbocycles. The second kappa shape index (κ2) is 6.89. The Hall–Kier alpha value is -1.92. The molecule has 2 N–H and O–H groups in total. The SMILES string of the molecule is C=C(C)C[C@@H](c1ccc(C)c([N+](=O)[O-])c1O)N1CCNCC1. The molecule has 22 heavy (non-hydrogen) atoms. The van der Waals surface area contributed by atoms with Gasteiger partial charge in [0.2, 0.25) is 0 Å². The number of nitrogens with zero attached hydrogens (tertiary/aromatic N) is 2. The van der Waals surface area contributed by atoms with Crippen molar-refractivity contribution in [3.8, 4) is 5.75 Å². The third-order valence-corrected chi connectivity index (χ3v) is 4.06. The molecular formula is C16H23N3O3. The number of hydrogen-bond donors (Lipinski definition) is 2. The molecule has 1 saturated heterocycles. The number of nitrogens with one attached hydrogen (secondary N) is 1. The van der Waals surface area contributed by atoms with Gasteiger partial charge in [-0.25, -0.2) is 0 Å². The molecule has 0 unspecified atom stereocenters. The van der Waals surface area contributed by atoms with E-state index in [0.29, 0.717) is 17.5 Å². The van der Waals surface area contributed by atoms with Gasteiger partial charge in [-0.15, -0.1) is 6.58 Å². The number of benzene rings is 1. The Kier molecular flexibility index (Phi) is 5.15. The van der Waals surface area contributed by atoms with Crippen LogP contribution in [0.15, 0.2) is 24.3 Å². The number of nitro groups is 1. The van der Waals surface area contributed by atoms with Crippen LogP contribution in [-0.4, -0.2) is 41.1 Å². The Morgan fingerprint density at radius 1 is 1.50 bits per heavy atom. The van der Waals surface area contributed by atoms with Crippen LogP contribution < -0.4 is 5.32 Å². The van der Waals surface area contributed by atoms with Crippen LogP contribution in [0.1, 0.15) is 30.5 Å². The molecule has 0 spiro atoms. The van der Waals surface area contributed by atoms with E-state index in [-0.39, 0.29) is 17.5 Å². The second-order valence-corrected chi connectivity index (χ2v) is 5.89. The van der Waals surface area contributed by atoms with Crippen molar-refractivity contribution in [2.75, 3.05) is 26.2 Å². The van der Waals surface area contributed by atoms with Gasteiger partial charge in [0.25, 0.3) is 0 Å². The molecule has 0 radical (unpaired) electrons. The lowest BCUT2D eigenvalue weighted by Crippen LogP contribution is -2.45. The van der Waals surface area contributed by atoms with Crippen molar-refractivity contribution < 1.29 is 10.0 Å². The Balaban J connectivity index is 2.44. The maximum Gasteiger partial charge on any atom is 0.313 e. The zero-order chi connectivity index (χ0) is 16.3. The van der Waals surface area contributed by atoms with Crippen LogP contribution in [0, 0.1) is 17.0 Å². The highest BCUT2D eigenvalue weighted by molar-refractivity contribution is 5.57. The number of piperazine rings is 1. The molecule has 0 aliphatic carbocycles. The molecule has 1 aromatic rings. The van der Waals surface area contributed by atoms with E-state index in [1.807, 2.05) is 6.92 Å². The molecule has 120 valence electrons. The number of phenolic OH excluding ortho intramolecular Hbond substituents is 1. The fourth-order valence-electron chi connectivity index (χ4n) is 2.96. The minimum atomic E-state index is -0.510. The Labute approximate surface area is 130 Å². The third-order valence-electron chi connectivity index (χ3n) is 4.06. The lowest BCUT2D eigenvalue weighted by molar-refractivity contribution is -0.386. The van der Waals surface area contributed by atoms with Crippen molar-refractivity contribution in [3.05, 3.63) is 45.5 Å². The molecule has 0 amide bonds. The van der Waals surface area contributed by atoms with Crippen LogP contribution in [0.4, 0.5) is 5.69 Å². The van der Waals surface area contributed by atoms with Gasteiger partial charge in [-0.3, -0.25) is 15.0 Å². The zero-order valence-electron chi connectivity index (χ0n) is 13.1. The maximum atomic E-state index is 11.2. The molecule has 1 aliphatic heterocycles. The van der Waals surface area contributed by atoms with Crippen LogP contribution in [0.5, 0.6) is 5.75 Å². The van der Waals surface area contributed by atoms with E-state index in [0.717, 1.165) is 31.8 Å². The van der Waals surface area contributed by atoms with Gasteiger partial charge in [0.05, 0.1) is 4.92 Å². The zero-order valence-corrected chi connectivity index (χ0v) is 13.1. The van der Waals surface area contributed by atoms with Gasteiger partial charge in [-0.05, 0) is 20.3 Å². The van der Waals surface area contributed by atoms with Crippen molar-refractivity contribution in [3.63, 3.8) is 0 Å². The van der Waals surface area contributed by atoms with E-state index < -0.39 is 4.92 Å². The molecule has 1 heterocycles. The van der Waals surface area contributed by atoms with Crippen molar-refractivity contribution in [2.24, 2.45) is 0 Å². The lowest BCUT2D eigenvalue weighted by Gasteiger charge is -2.35. The van der Waals surface area contributed by atoms with Crippen LogP contribution in [0.3, 0.4) is 0 Å². The molecule has 0 aromatic heterocycles. The number of rotatable bonds is 5. The predicted molar refractivity (Wildman–Crippen MR) is 86.1 cm³/mol. The molecule has 6 nitrogen and oxygen atoms in total. The summed E-state index contributed by atoms with van der Waals surface area (Å²) in [6, 6.07) is 3.42. The van der Waals surface area contributed by atoms with Gasteiger partial charge in [-0.1, -0.05) is 17.7 Å². The average molecular weight is 305 g/mol. The molecule has 0 bridgehead atoms. The molecule has 6 heteroatoms. The number of nitro benzene ring substituents is 1. The summed E-state index contributed by atoms with van der Waals surface area (Å²) < 4.78 is 0. The summed E-state index contributed by atoms with van der Waals surface area (Å²) >= 11 is 0. The second-order valence-electron chi connectivity index (χ2n) is 5.89. The summed E-state index contributed by atoms with van der Waals surface area (Å²) in [6.45, 7) is 11.0. The van der Waals surface area contributed by atoms with E-state index in [1.54, 1.807) is 19.1 Å². The monoisotopic (exact) mass is 305 g/mol. The summed E-state index contributed by atoms with van der Waals surface area (Å²) in [5.41, 5.74) is 1.88. The molecule has 1 fully saturated rings. The first-order chi connectivity index (χ1) is 10.4. The number of aryl methyl sites for hydroxylation is 1. The van der Waals surface area contributed by atoms with E-state index in [1.165, 1.54) is 0 Å². The Morgan fingerprint density at radius 2 is 2.14 bits per heavy atom. The summed E-state index contributed by atoms with van der Waals surface area (Å²) in [5, 5.41) is 25.0. The highest BCUT2D eigenvalue weighted by Gasteiger charge is 2.29. The highest BCUT2D eigenvalue weighted by atomic mass is 16.6. The minimum Gasteiger partial charge on any atom is -0.502 e. The molecule has 1 aromatic carbocycles. The molecular weight excluding hydrogens is 282 g/mol. The van der Waals surface area contributed by atoms with Crippen molar-refractivity contribution in [1.82, 2.24) is 10.2 Å². The summed E-state index contributed by atoms with van der Waals surface area (Å²) in [4.78, 5) is 13.0. The van der Waals surface area contributed by atoms with Gasteiger partial charge in [0, 0.05) is 43.3 Å². The quantitative estimate of drug-likeness (QED) is 0.496. The summed E-state index contributed by atoms with van der Waals surface area (Å²) in [7, 11) is 0. The fourth-order valence-corrected chi connectivity index (χ4v) is 2.96. The maximum absolute atomic E-state index is 11.2. The Bertz CT molecular complexity index is 580. The van der Waals surface area contributed by atoms with E-state index in [2.05, 4.69) is 16.8 Å². The fraction of sp³-hybridized carbons (Fsp3) is 0.500. The van der Waals surface area contributed by atoms with Crippen molar-refractivity contribution in [2.45, 2.75) is 26.3 Å². The first-order valence-corrected chi connectivity index (χ1v) is 7.47. The van der Waals surface area contributed by atoms with Gasteiger partial charge in [-0.2, -0.15) is 0 Å². The number of hydrogen-bond acceptors (Lipinski definition) is 5. The van der Waals surface area contributed by atoms with Crippen molar-refractivity contribution >= 4 is 5.69 Å². The third kappa shape index (κ3) is 3.45. The standard InChI is InChI=1S/C16H23N3O3/c1-11(2)10-14(18-8-6-17-7-9-18)13-5-4-12(3)15(16(13)20)19(21)22/h4-5,14,17,20H,1,6-10H2,2-3H3/t14-/m0/s1. The van der Waals surface area contributed by atoms with Crippen molar-refractivity contribution in [1.29, 1.82) is 0 Å². The normalized spacial score (nSPS) is 17.2. The Morgan fingerprint density at radius 3 is 2.68 bits per heavy atom. The van der Waals surface area contributed by atoms with Gasteiger partial charge in [0.15, 0.2) is 5.75 Å². The molecule has 2 rings (SSSR count). The van der Waals surface area contributed by atoms with Crippen LogP contribution >= 0.6 is 0 Å². The lowest BCUT2D eigenvalue weighted by atomic mass is 9.95. The average Bonchev–Trinajstić information content (AvgIpc) is 2.46. The minimum absolute atomic E-state index is 0.0844. The van der Waals surface area contributed by atoms with E-state index in [4.69, 9.17) is 0 Å². The summed E-state index contributed by atoms with van der Waals surface area (Å²) in [6.07, 6.45) is 0.674. The first kappa shape index (κ1) is 16.5. The molecule has 1 atom stereocenters.